The monoisotopic (exact) mass is 496 g/mol. The Labute approximate surface area is 212 Å². The average Bonchev–Trinajstić information content (AvgIpc) is 3.30. The van der Waals surface area contributed by atoms with Crippen molar-refractivity contribution >= 4 is 22.3 Å². The Morgan fingerprint density at radius 3 is 2.14 bits per heavy atom. The summed E-state index contributed by atoms with van der Waals surface area (Å²) in [6, 6.07) is 15.5. The molecule has 8 heteroatoms. The largest absolute Gasteiger partial charge is 0.494 e. The summed E-state index contributed by atoms with van der Waals surface area (Å²) in [4.78, 5) is 6.17. The number of aromatic nitrogens is 1. The molecule has 0 unspecified atom stereocenters. The molecule has 2 aromatic carbocycles. The minimum Gasteiger partial charge on any atom is -0.494 e. The maximum atomic E-state index is 8.70. The molecule has 188 valence electrons. The van der Waals surface area contributed by atoms with Crippen molar-refractivity contribution in [1.82, 2.24) is 4.98 Å². The van der Waals surface area contributed by atoms with Crippen LogP contribution in [-0.4, -0.2) is 35.8 Å². The fourth-order valence-corrected chi connectivity index (χ4v) is 4.65. The third-order valence-electron chi connectivity index (χ3n) is 5.49. The summed E-state index contributed by atoms with van der Waals surface area (Å²) in [7, 11) is 0. The lowest BCUT2D eigenvalue weighted by Gasteiger charge is -2.09. The second-order valence-electron chi connectivity index (χ2n) is 8.22. The van der Waals surface area contributed by atoms with Crippen molar-refractivity contribution < 1.29 is 14.7 Å². The van der Waals surface area contributed by atoms with Gasteiger partial charge in [0.25, 0.3) is 0 Å². The minimum atomic E-state index is 0.0875. The lowest BCUT2D eigenvalue weighted by molar-refractivity contribution is 0.279. The number of benzene rings is 2. The number of hydrogen-bond acceptors (Lipinski definition) is 7. The highest BCUT2D eigenvalue weighted by molar-refractivity contribution is 7.16. The normalized spacial score (nSPS) is 11.4. The molecule has 4 N–H and O–H groups in total. The summed E-state index contributed by atoms with van der Waals surface area (Å²) < 4.78 is 11.7. The first-order valence-electron chi connectivity index (χ1n) is 12.3. The molecule has 7 nitrogen and oxygen atoms in total. The number of amidine groups is 1. The lowest BCUT2D eigenvalue weighted by atomic mass is 10.1. The molecule has 0 bridgehead atoms. The molecule has 0 spiro atoms. The summed E-state index contributed by atoms with van der Waals surface area (Å²) in [6.07, 6.45) is 6.35. The van der Waals surface area contributed by atoms with Crippen molar-refractivity contribution in [1.29, 1.82) is 0 Å². The molecule has 3 rings (SSSR count). The number of nitrogens with one attached hydrogen (secondary N) is 1. The predicted molar refractivity (Wildman–Crippen MR) is 144 cm³/mol. The van der Waals surface area contributed by atoms with Crippen LogP contribution in [-0.2, 0) is 6.42 Å². The first-order chi connectivity index (χ1) is 17.1. The molecule has 0 saturated heterocycles. The van der Waals surface area contributed by atoms with Crippen molar-refractivity contribution in [2.24, 2.45) is 10.9 Å². The maximum absolute atomic E-state index is 8.70. The molecule has 0 radical (unpaired) electrons. The molecule has 0 amide bonds. The number of rotatable bonds is 15. The molecule has 3 aromatic rings. The zero-order valence-electron chi connectivity index (χ0n) is 20.6. The fraction of sp³-hybridized carbons (Fsp3) is 0.407. The number of anilines is 1. The zero-order chi connectivity index (χ0) is 24.9. The maximum Gasteiger partial charge on any atom is 0.183 e. The van der Waals surface area contributed by atoms with E-state index in [1.807, 2.05) is 24.3 Å². The Kier molecular flexibility index (Phi) is 10.7. The number of nitrogens with two attached hydrogens (primary N) is 1. The number of unbranched alkanes of at least 4 members (excludes halogenated alkanes) is 3. The number of oxime groups is 1. The van der Waals surface area contributed by atoms with Gasteiger partial charge in [0.2, 0.25) is 0 Å². The molecule has 0 fully saturated rings. The van der Waals surface area contributed by atoms with Crippen LogP contribution in [0.1, 0.15) is 56.4 Å². The van der Waals surface area contributed by atoms with Gasteiger partial charge in [-0.1, -0.05) is 18.5 Å². The van der Waals surface area contributed by atoms with E-state index in [9.17, 15) is 0 Å². The molecule has 35 heavy (non-hydrogen) atoms. The minimum absolute atomic E-state index is 0.0875. The number of thiazole rings is 1. The summed E-state index contributed by atoms with van der Waals surface area (Å²) in [6.45, 7) is 6.51. The van der Waals surface area contributed by atoms with Crippen LogP contribution in [0.15, 0.2) is 53.7 Å². The van der Waals surface area contributed by atoms with Gasteiger partial charge in [0.1, 0.15) is 11.5 Å². The van der Waals surface area contributed by atoms with Crippen molar-refractivity contribution in [3.05, 3.63) is 59.0 Å². The number of aryl methyl sites for hydroxylation is 1. The van der Waals surface area contributed by atoms with Gasteiger partial charge >= 0.3 is 0 Å². The average molecular weight is 497 g/mol. The van der Waals surface area contributed by atoms with Gasteiger partial charge in [-0.2, -0.15) is 0 Å². The zero-order valence-corrected chi connectivity index (χ0v) is 21.4. The highest BCUT2D eigenvalue weighted by Crippen LogP contribution is 2.33. The van der Waals surface area contributed by atoms with Crippen LogP contribution in [0.2, 0.25) is 0 Å². The van der Waals surface area contributed by atoms with Crippen LogP contribution in [0, 0.1) is 0 Å². The van der Waals surface area contributed by atoms with Crippen LogP contribution < -0.4 is 20.5 Å². The Bertz CT molecular complexity index is 1050. The van der Waals surface area contributed by atoms with E-state index in [0.717, 1.165) is 60.1 Å². The summed E-state index contributed by atoms with van der Waals surface area (Å²) in [5.41, 5.74) is 8.45. The van der Waals surface area contributed by atoms with Gasteiger partial charge < -0.3 is 25.7 Å². The molecule has 1 aromatic heterocycles. The number of nitrogens with zero attached hydrogens (tertiary/aromatic N) is 2. The van der Waals surface area contributed by atoms with Crippen LogP contribution in [0.5, 0.6) is 11.5 Å². The summed E-state index contributed by atoms with van der Waals surface area (Å²) in [5.74, 6) is 1.74. The molecular formula is C27H36N4O3S. The smallest absolute Gasteiger partial charge is 0.183 e. The van der Waals surface area contributed by atoms with E-state index in [4.69, 9.17) is 25.4 Å². The Morgan fingerprint density at radius 1 is 0.943 bits per heavy atom. The lowest BCUT2D eigenvalue weighted by Crippen LogP contribution is -2.12. The molecule has 0 aliphatic rings. The molecule has 0 atom stereocenters. The first kappa shape index (κ1) is 26.3. The quantitative estimate of drug-likeness (QED) is 0.0749. The van der Waals surface area contributed by atoms with Gasteiger partial charge in [-0.15, -0.1) is 11.3 Å². The molecule has 1 heterocycles. The van der Waals surface area contributed by atoms with Gasteiger partial charge in [0.05, 0.1) is 18.9 Å². The van der Waals surface area contributed by atoms with Gasteiger partial charge in [0, 0.05) is 22.5 Å². The van der Waals surface area contributed by atoms with E-state index < -0.39 is 0 Å². The van der Waals surface area contributed by atoms with E-state index >= 15 is 0 Å². The third-order valence-corrected chi connectivity index (χ3v) is 6.57. The van der Waals surface area contributed by atoms with E-state index in [1.54, 1.807) is 23.5 Å². The second kappa shape index (κ2) is 14.2. The fourth-order valence-electron chi connectivity index (χ4n) is 3.56. The molecule has 0 aliphatic heterocycles. The Hall–Kier alpha value is -3.26. The van der Waals surface area contributed by atoms with E-state index in [1.165, 1.54) is 17.7 Å². The standard InChI is InChI=1S/C27H36N4O3S/c1-3-5-9-24-25(30-27(35-24)29-4-2)20-10-14-22(15-11-20)33-18-7-6-8-19-34-23-16-12-21(13-17-23)26(28)31-32/h10-17,32H,3-9,18-19H2,1-2H3,(H2,28,31)(H,29,30). The summed E-state index contributed by atoms with van der Waals surface area (Å²) in [5, 5.41) is 16.0. The Balaban J connectivity index is 1.38. The predicted octanol–water partition coefficient (Wildman–Crippen LogP) is 6.31. The first-order valence-corrected chi connectivity index (χ1v) is 13.1. The SMILES string of the molecule is CCCCc1sc(NCC)nc1-c1ccc(OCCCCCOc2ccc(C(N)=NO)cc2)cc1. The van der Waals surface area contributed by atoms with E-state index in [2.05, 4.69) is 36.5 Å². The third kappa shape index (κ3) is 8.17. The van der Waals surface area contributed by atoms with Gasteiger partial charge in [-0.3, -0.25) is 0 Å². The van der Waals surface area contributed by atoms with Crippen LogP contribution in [0.25, 0.3) is 11.3 Å². The summed E-state index contributed by atoms with van der Waals surface area (Å²) >= 11 is 1.76. The van der Waals surface area contributed by atoms with Crippen LogP contribution in [0.3, 0.4) is 0 Å². The van der Waals surface area contributed by atoms with Gasteiger partial charge in [0.15, 0.2) is 11.0 Å². The molecule has 0 aliphatic carbocycles. The van der Waals surface area contributed by atoms with E-state index in [0.29, 0.717) is 18.8 Å². The van der Waals surface area contributed by atoms with Crippen molar-refractivity contribution in [2.45, 2.75) is 52.4 Å². The van der Waals surface area contributed by atoms with Crippen LogP contribution >= 0.6 is 11.3 Å². The molecular weight excluding hydrogens is 460 g/mol. The van der Waals surface area contributed by atoms with E-state index in [-0.39, 0.29) is 5.84 Å². The number of hydrogen-bond donors (Lipinski definition) is 3. The van der Waals surface area contributed by atoms with Gasteiger partial charge in [-0.25, -0.2) is 4.98 Å². The number of ether oxygens (including phenoxy) is 2. The molecule has 0 saturated carbocycles. The highest BCUT2D eigenvalue weighted by Gasteiger charge is 2.13. The second-order valence-corrected chi connectivity index (χ2v) is 9.30. The van der Waals surface area contributed by atoms with Crippen LogP contribution in [0.4, 0.5) is 5.13 Å². The van der Waals surface area contributed by atoms with Crippen molar-refractivity contribution in [2.75, 3.05) is 25.1 Å². The highest BCUT2D eigenvalue weighted by atomic mass is 32.1. The topological polar surface area (TPSA) is 102 Å². The Morgan fingerprint density at radius 2 is 1.57 bits per heavy atom. The van der Waals surface area contributed by atoms with Gasteiger partial charge in [-0.05, 0) is 87.6 Å². The van der Waals surface area contributed by atoms with Crippen molar-refractivity contribution in [3.8, 4) is 22.8 Å². The van der Waals surface area contributed by atoms with Crippen molar-refractivity contribution in [3.63, 3.8) is 0 Å².